The Hall–Kier alpha value is -6.81. The summed E-state index contributed by atoms with van der Waals surface area (Å²) in [5.74, 6) is -3.78. The van der Waals surface area contributed by atoms with E-state index in [9.17, 15) is 63.2 Å². The Morgan fingerprint density at radius 3 is 1.18 bits per heavy atom. The molecule has 91 heavy (non-hydrogen) atoms. The highest BCUT2D eigenvalue weighted by Gasteiger charge is 2.28. The van der Waals surface area contributed by atoms with Crippen LogP contribution < -0.4 is 70.0 Å². The Morgan fingerprint density at radius 2 is 0.769 bits per heavy atom. The summed E-state index contributed by atoms with van der Waals surface area (Å²) in [4.78, 5) is 135. The van der Waals surface area contributed by atoms with Crippen LogP contribution in [0.5, 0.6) is 0 Å². The lowest BCUT2D eigenvalue weighted by Crippen LogP contribution is -2.57. The summed E-state index contributed by atoms with van der Waals surface area (Å²) < 4.78 is 21.5. The second-order valence-corrected chi connectivity index (χ2v) is 23.1. The van der Waals surface area contributed by atoms with E-state index in [1.165, 1.54) is 13.8 Å². The monoisotopic (exact) mass is 1300 g/mol. The molecule has 17 N–H and O–H groups in total. The van der Waals surface area contributed by atoms with Gasteiger partial charge >= 0.3 is 0 Å². The molecule has 0 heterocycles. The second-order valence-electron chi connectivity index (χ2n) is 23.1. The number of carbonyl (C=O) groups is 11. The van der Waals surface area contributed by atoms with Gasteiger partial charge in [-0.3, -0.25) is 63.4 Å². The Kier molecular flexibility index (Phi) is 47.0. The van der Waals surface area contributed by atoms with Crippen molar-refractivity contribution in [2.75, 3.05) is 112 Å². The summed E-state index contributed by atoms with van der Waals surface area (Å²) in [6.45, 7) is 16.1. The molecule has 0 aliphatic rings. The SMILES string of the molecule is CC(=O)CN[C@@H](CCCCNC(=O)COCCOCCNC(=O)COCCOCCNC(=O)CCCC(=O)N[C@@H](CCCCNC(=O)CCCC(=O)NC(CNC(C)(C)/C(C)=N\O)CNC(C)(C)/C(C)=N\O)C(=O)NCCCC[C@H](NCC(C)=O)C(N)=O)C(N)=O. The van der Waals surface area contributed by atoms with E-state index < -0.39 is 58.9 Å². The maximum absolute atomic E-state index is 13.4. The van der Waals surface area contributed by atoms with Crippen LogP contribution in [0.3, 0.4) is 0 Å². The van der Waals surface area contributed by atoms with Crippen molar-refractivity contribution in [2.45, 2.75) is 187 Å². The van der Waals surface area contributed by atoms with Crippen molar-refractivity contribution in [3.8, 4) is 0 Å². The average molecular weight is 1300 g/mol. The van der Waals surface area contributed by atoms with Gasteiger partial charge in [0.25, 0.3) is 0 Å². The molecule has 0 aliphatic carbocycles. The topological polar surface area (TPSA) is 474 Å². The number of unbranched alkanes of at least 4 members (excludes halogenated alkanes) is 3. The maximum Gasteiger partial charge on any atom is 0.246 e. The van der Waals surface area contributed by atoms with Crippen LogP contribution in [0.2, 0.25) is 0 Å². The molecule has 522 valence electrons. The Labute approximate surface area is 535 Å². The van der Waals surface area contributed by atoms with Crippen LogP contribution in [0.25, 0.3) is 0 Å². The van der Waals surface area contributed by atoms with Gasteiger partial charge in [-0.1, -0.05) is 10.3 Å². The third-order valence-corrected chi connectivity index (χ3v) is 14.3. The third kappa shape index (κ3) is 46.0. The van der Waals surface area contributed by atoms with Crippen molar-refractivity contribution in [1.29, 1.82) is 0 Å². The lowest BCUT2D eigenvalue weighted by molar-refractivity contribution is -0.129. The first-order chi connectivity index (χ1) is 43.1. The minimum Gasteiger partial charge on any atom is -0.411 e. The van der Waals surface area contributed by atoms with E-state index in [1.54, 1.807) is 13.8 Å². The van der Waals surface area contributed by atoms with Crippen LogP contribution in [-0.4, -0.2) is 234 Å². The number of ketones is 2. The molecule has 0 spiro atoms. The molecule has 0 rings (SSSR count). The number of nitrogens with one attached hydrogen (secondary N) is 11. The number of nitrogens with zero attached hydrogens (tertiary/aromatic N) is 2. The Balaban J connectivity index is 4.74. The third-order valence-electron chi connectivity index (χ3n) is 14.3. The molecule has 9 amide bonds. The van der Waals surface area contributed by atoms with Gasteiger partial charge in [0.2, 0.25) is 53.2 Å². The largest absolute Gasteiger partial charge is 0.411 e. The molecule has 0 aromatic heterocycles. The molecule has 0 aromatic carbocycles. The standard InChI is InChI=1S/C59H109N15O17/c1-41(75)35-67-46(55(60)83)17-9-12-25-63-53(81)39-90-33-32-89-30-28-65-54(82)40-91-34-31-88-29-27-64-50(78)21-16-23-52(80)72-48(57(85)66-26-14-10-18-47(56(61)84)68-36-42(2)76)19-11-13-24-62-49(77)20-15-22-51(79)71-45(37-69-58(5,6)43(3)73-86)38-70-59(7,8)44(4)74-87/h45-48,67-70,86-87H,9-40H2,1-8H3,(H2,60,83)(H2,61,84)(H,62,77)(H,63,81)(H,64,78)(H,65,82)(H,66,85)(H,71,79)(H,72,80)/b73-43-,74-44-/t46-,47-,48-/m0/s1. The Morgan fingerprint density at radius 1 is 0.418 bits per heavy atom. The predicted octanol–water partition coefficient (Wildman–Crippen LogP) is -2.04. The molecule has 0 radical (unpaired) electrons. The number of amides is 9. The summed E-state index contributed by atoms with van der Waals surface area (Å²) in [6, 6.07) is -2.67. The Bertz CT molecular complexity index is 2240. The molecule has 0 fully saturated rings. The minimum absolute atomic E-state index is 0.00514. The molecular weight excluding hydrogens is 1190 g/mol. The maximum atomic E-state index is 13.4. The second kappa shape index (κ2) is 50.8. The fraction of sp³-hybridized carbons (Fsp3) is 0.780. The highest BCUT2D eigenvalue weighted by atomic mass is 16.5. The van der Waals surface area contributed by atoms with Crippen LogP contribution in [0.4, 0.5) is 0 Å². The number of ether oxygens (including phenoxy) is 4. The van der Waals surface area contributed by atoms with Crippen molar-refractivity contribution < 1.29 is 82.1 Å². The highest BCUT2D eigenvalue weighted by Crippen LogP contribution is 2.10. The molecule has 32 heteroatoms. The summed E-state index contributed by atoms with van der Waals surface area (Å²) in [7, 11) is 0. The van der Waals surface area contributed by atoms with E-state index in [2.05, 4.69) is 68.8 Å². The first-order valence-electron chi connectivity index (χ1n) is 31.3. The molecule has 0 bridgehead atoms. The number of hydrogen-bond acceptors (Lipinski definition) is 23. The highest BCUT2D eigenvalue weighted by molar-refractivity contribution is 5.91. The number of carbonyl (C=O) groups excluding carboxylic acids is 11. The van der Waals surface area contributed by atoms with Crippen LogP contribution >= 0.6 is 0 Å². The van der Waals surface area contributed by atoms with E-state index >= 15 is 0 Å². The van der Waals surface area contributed by atoms with Crippen LogP contribution in [0, 0.1) is 0 Å². The van der Waals surface area contributed by atoms with Gasteiger partial charge < -0.3 is 88.7 Å². The lowest BCUT2D eigenvalue weighted by Gasteiger charge is -2.32. The van der Waals surface area contributed by atoms with Crippen molar-refractivity contribution in [3.63, 3.8) is 0 Å². The van der Waals surface area contributed by atoms with Crippen molar-refractivity contribution in [1.82, 2.24) is 58.5 Å². The molecule has 0 aromatic rings. The zero-order chi connectivity index (χ0) is 68.5. The van der Waals surface area contributed by atoms with Gasteiger partial charge in [0.1, 0.15) is 30.8 Å². The summed E-state index contributed by atoms with van der Waals surface area (Å²) in [6.07, 6.45) is 4.76. The predicted molar refractivity (Wildman–Crippen MR) is 339 cm³/mol. The zero-order valence-corrected chi connectivity index (χ0v) is 55.0. The molecule has 0 aliphatic heterocycles. The molecular formula is C59H109N15O17. The molecule has 32 nitrogen and oxygen atoms in total. The van der Waals surface area contributed by atoms with Crippen molar-refractivity contribution >= 4 is 76.2 Å². The van der Waals surface area contributed by atoms with Gasteiger partial charge in [0.05, 0.1) is 93.4 Å². The van der Waals surface area contributed by atoms with E-state index in [0.717, 1.165) is 0 Å². The van der Waals surface area contributed by atoms with Gasteiger partial charge in [-0.05, 0) is 126 Å². The average Bonchev–Trinajstić information content (AvgIpc) is 3.54. The molecule has 0 unspecified atom stereocenters. The summed E-state index contributed by atoms with van der Waals surface area (Å²) >= 11 is 0. The van der Waals surface area contributed by atoms with Gasteiger partial charge in [-0.25, -0.2) is 0 Å². The number of Topliss-reactive ketones (excluding diaryl/α,β-unsaturated/α-hetero) is 2. The minimum atomic E-state index is -0.926. The number of rotatable bonds is 58. The smallest absolute Gasteiger partial charge is 0.246 e. The van der Waals surface area contributed by atoms with Crippen LogP contribution in [0.15, 0.2) is 10.3 Å². The van der Waals surface area contributed by atoms with E-state index in [1.807, 2.05) is 27.7 Å². The zero-order valence-electron chi connectivity index (χ0n) is 55.0. The fourth-order valence-electron chi connectivity index (χ4n) is 8.10. The first kappa shape index (κ1) is 84.2. The van der Waals surface area contributed by atoms with Gasteiger partial charge in [-0.15, -0.1) is 0 Å². The number of hydrogen-bond donors (Lipinski definition) is 15. The molecule has 3 atom stereocenters. The summed E-state index contributed by atoms with van der Waals surface area (Å²) in [5, 5.41) is 57.0. The van der Waals surface area contributed by atoms with Gasteiger partial charge in [-0.2, -0.15) is 0 Å². The first-order valence-corrected chi connectivity index (χ1v) is 31.3. The molecule has 0 saturated carbocycles. The fourth-order valence-corrected chi connectivity index (χ4v) is 8.10. The van der Waals surface area contributed by atoms with Crippen molar-refractivity contribution in [3.05, 3.63) is 0 Å². The van der Waals surface area contributed by atoms with Gasteiger partial charge in [0.15, 0.2) is 0 Å². The number of primary amides is 2. The lowest BCUT2D eigenvalue weighted by atomic mass is 9.98. The van der Waals surface area contributed by atoms with Crippen LogP contribution in [0.1, 0.15) is 152 Å². The summed E-state index contributed by atoms with van der Waals surface area (Å²) in [5.41, 5.74) is 10.4. The van der Waals surface area contributed by atoms with Gasteiger partial charge in [0, 0.05) is 71.5 Å². The van der Waals surface area contributed by atoms with E-state index in [0.29, 0.717) is 82.4 Å². The quantitative estimate of drug-likeness (QED) is 0.0135. The van der Waals surface area contributed by atoms with E-state index in [4.69, 9.17) is 30.4 Å². The van der Waals surface area contributed by atoms with E-state index in [-0.39, 0.29) is 178 Å². The number of nitrogens with two attached hydrogens (primary N) is 2. The number of oxime groups is 2. The molecule has 0 saturated heterocycles. The normalized spacial score (nSPS) is 12.9. The van der Waals surface area contributed by atoms with Crippen molar-refractivity contribution in [2.24, 2.45) is 21.8 Å². The van der Waals surface area contributed by atoms with Crippen LogP contribution in [-0.2, 0) is 71.7 Å².